The van der Waals surface area contributed by atoms with Crippen molar-refractivity contribution >= 4 is 19.9 Å². The van der Waals surface area contributed by atoms with Crippen molar-refractivity contribution in [2.24, 2.45) is 0 Å². The molecule has 0 aliphatic rings. The van der Waals surface area contributed by atoms with Gasteiger partial charge in [0, 0.05) is 11.6 Å². The van der Waals surface area contributed by atoms with Crippen LogP contribution in [0.2, 0.25) is 18.1 Å². The fraction of sp³-hybridized carbons (Fsp3) is 0.619. The van der Waals surface area contributed by atoms with E-state index in [0.29, 0.717) is 6.61 Å². The molecule has 0 amide bonds. The van der Waals surface area contributed by atoms with Crippen molar-refractivity contribution in [1.29, 1.82) is 0 Å². The molecule has 0 aliphatic heterocycles. The molecular formula is C21H35ClO3Si. The maximum Gasteiger partial charge on any atom is 0.191 e. The lowest BCUT2D eigenvalue weighted by Crippen LogP contribution is -2.41. The Labute approximate surface area is 165 Å². The molecule has 0 saturated heterocycles. The van der Waals surface area contributed by atoms with Crippen LogP contribution in [0.1, 0.15) is 46.1 Å². The number of methoxy groups -OCH3 is 1. The van der Waals surface area contributed by atoms with E-state index >= 15 is 0 Å². The number of allylic oxidation sites excluding steroid dienone is 1. The Kier molecular flexibility index (Phi) is 9.38. The zero-order valence-corrected chi connectivity index (χ0v) is 19.2. The lowest BCUT2D eigenvalue weighted by molar-refractivity contribution is 0.0272. The zero-order valence-electron chi connectivity index (χ0n) is 17.4. The Balaban J connectivity index is 2.59. The highest BCUT2D eigenvalue weighted by Crippen LogP contribution is 2.36. The second-order valence-corrected chi connectivity index (χ2v) is 13.6. The minimum atomic E-state index is -1.72. The first-order valence-corrected chi connectivity index (χ1v) is 12.5. The third-order valence-electron chi connectivity index (χ3n) is 5.02. The molecular weight excluding hydrogens is 364 g/mol. The van der Waals surface area contributed by atoms with E-state index in [-0.39, 0.29) is 11.1 Å². The van der Waals surface area contributed by atoms with Crippen molar-refractivity contribution in [3.63, 3.8) is 0 Å². The van der Waals surface area contributed by atoms with E-state index in [9.17, 15) is 0 Å². The van der Waals surface area contributed by atoms with Gasteiger partial charge >= 0.3 is 0 Å². The predicted octanol–water partition coefficient (Wildman–Crippen LogP) is 6.53. The highest BCUT2D eigenvalue weighted by molar-refractivity contribution is 6.74. The fourth-order valence-corrected chi connectivity index (χ4v) is 3.31. The molecule has 1 aromatic carbocycles. The Morgan fingerprint density at radius 2 is 1.81 bits per heavy atom. The van der Waals surface area contributed by atoms with Crippen molar-refractivity contribution in [3.8, 4) is 5.75 Å². The molecule has 0 N–H and O–H groups in total. The summed E-state index contributed by atoms with van der Waals surface area (Å²) in [5.74, 6) is 0.855. The smallest absolute Gasteiger partial charge is 0.191 e. The van der Waals surface area contributed by atoms with Gasteiger partial charge < -0.3 is 13.9 Å². The van der Waals surface area contributed by atoms with Crippen LogP contribution in [0, 0.1) is 0 Å². The maximum absolute atomic E-state index is 6.30. The SMILES string of the molecule is COc1ccc(CO[C@@H](C/C=C(\C)Cl)CCO[Si](C)(C)C(C)(C)C)cc1. The molecule has 0 spiro atoms. The van der Waals surface area contributed by atoms with Gasteiger partial charge in [0.2, 0.25) is 0 Å². The largest absolute Gasteiger partial charge is 0.497 e. The molecule has 0 fully saturated rings. The molecule has 26 heavy (non-hydrogen) atoms. The highest BCUT2D eigenvalue weighted by Gasteiger charge is 2.37. The van der Waals surface area contributed by atoms with Gasteiger partial charge in [-0.15, -0.1) is 0 Å². The van der Waals surface area contributed by atoms with Gasteiger partial charge in [0.25, 0.3) is 0 Å². The first kappa shape index (κ1) is 23.2. The normalized spacial score (nSPS) is 14.4. The van der Waals surface area contributed by atoms with Gasteiger partial charge in [-0.25, -0.2) is 0 Å². The summed E-state index contributed by atoms with van der Waals surface area (Å²) in [6, 6.07) is 7.98. The average Bonchev–Trinajstić information content (AvgIpc) is 2.56. The maximum atomic E-state index is 6.30. The molecule has 0 heterocycles. The van der Waals surface area contributed by atoms with E-state index in [1.807, 2.05) is 37.3 Å². The van der Waals surface area contributed by atoms with Crippen LogP contribution in [0.5, 0.6) is 5.75 Å². The molecule has 0 radical (unpaired) electrons. The van der Waals surface area contributed by atoms with Crippen LogP contribution >= 0.6 is 11.6 Å². The number of hydrogen-bond acceptors (Lipinski definition) is 3. The van der Waals surface area contributed by atoms with Gasteiger partial charge in [-0.3, -0.25) is 0 Å². The molecule has 0 aliphatic carbocycles. The first-order valence-electron chi connectivity index (χ1n) is 9.26. The fourth-order valence-electron chi connectivity index (χ4n) is 2.16. The average molecular weight is 399 g/mol. The minimum absolute atomic E-state index is 0.0931. The summed E-state index contributed by atoms with van der Waals surface area (Å²) in [6.07, 6.45) is 3.78. The minimum Gasteiger partial charge on any atom is -0.497 e. The Bertz CT molecular complexity index is 558. The molecule has 0 bridgehead atoms. The van der Waals surface area contributed by atoms with Gasteiger partial charge in [0.15, 0.2) is 8.32 Å². The predicted molar refractivity (Wildman–Crippen MR) is 114 cm³/mol. The molecule has 5 heteroatoms. The van der Waals surface area contributed by atoms with Crippen LogP contribution in [-0.2, 0) is 15.8 Å². The van der Waals surface area contributed by atoms with E-state index in [1.54, 1.807) is 7.11 Å². The summed E-state index contributed by atoms with van der Waals surface area (Å²) < 4.78 is 17.6. The molecule has 0 aromatic heterocycles. The van der Waals surface area contributed by atoms with Crippen LogP contribution in [0.4, 0.5) is 0 Å². The Morgan fingerprint density at radius 3 is 2.31 bits per heavy atom. The van der Waals surface area contributed by atoms with Crippen molar-refractivity contribution in [2.75, 3.05) is 13.7 Å². The third-order valence-corrected chi connectivity index (χ3v) is 9.71. The van der Waals surface area contributed by atoms with E-state index in [2.05, 4.69) is 33.9 Å². The summed E-state index contributed by atoms with van der Waals surface area (Å²) >= 11 is 6.01. The summed E-state index contributed by atoms with van der Waals surface area (Å²) in [5.41, 5.74) is 1.13. The number of halogens is 1. The molecule has 1 atom stereocenters. The van der Waals surface area contributed by atoms with Crippen molar-refractivity contribution in [2.45, 2.75) is 71.4 Å². The Morgan fingerprint density at radius 1 is 1.19 bits per heavy atom. The van der Waals surface area contributed by atoms with E-state index in [0.717, 1.165) is 35.8 Å². The molecule has 148 valence electrons. The second kappa shape index (κ2) is 10.5. The van der Waals surface area contributed by atoms with Gasteiger partial charge in [-0.1, -0.05) is 50.6 Å². The van der Waals surface area contributed by atoms with Gasteiger partial charge in [-0.2, -0.15) is 0 Å². The lowest BCUT2D eigenvalue weighted by Gasteiger charge is -2.36. The quantitative estimate of drug-likeness (QED) is 0.419. The van der Waals surface area contributed by atoms with E-state index in [4.69, 9.17) is 25.5 Å². The van der Waals surface area contributed by atoms with Gasteiger partial charge in [-0.05, 0) is 55.6 Å². The molecule has 0 unspecified atom stereocenters. The lowest BCUT2D eigenvalue weighted by atomic mass is 10.1. The van der Waals surface area contributed by atoms with Crippen LogP contribution in [0.15, 0.2) is 35.4 Å². The molecule has 1 rings (SSSR count). The first-order chi connectivity index (χ1) is 12.0. The summed E-state index contributed by atoms with van der Waals surface area (Å²) in [6.45, 7) is 14.5. The van der Waals surface area contributed by atoms with Crippen LogP contribution < -0.4 is 4.74 Å². The molecule has 0 saturated carbocycles. The third kappa shape index (κ3) is 8.25. The highest BCUT2D eigenvalue weighted by atomic mass is 35.5. The van der Waals surface area contributed by atoms with E-state index in [1.165, 1.54) is 0 Å². The van der Waals surface area contributed by atoms with Crippen LogP contribution in [0.25, 0.3) is 0 Å². The monoisotopic (exact) mass is 398 g/mol. The van der Waals surface area contributed by atoms with Crippen LogP contribution in [0.3, 0.4) is 0 Å². The number of rotatable bonds is 10. The molecule has 1 aromatic rings. The summed E-state index contributed by atoms with van der Waals surface area (Å²) in [4.78, 5) is 0. The Hall–Kier alpha value is -0.813. The van der Waals surface area contributed by atoms with Gasteiger partial charge in [0.1, 0.15) is 5.75 Å². The number of hydrogen-bond donors (Lipinski definition) is 0. The van der Waals surface area contributed by atoms with Crippen molar-refractivity contribution in [1.82, 2.24) is 0 Å². The second-order valence-electron chi connectivity index (χ2n) is 8.21. The standard InChI is InChI=1S/C21H35ClO3Si/c1-17(22)8-11-20(14-15-25-26(6,7)21(2,3)4)24-16-18-9-12-19(23-5)13-10-18/h8-10,12-13,20H,11,14-16H2,1-7H3/b17-8+/t20-/m0/s1. The van der Waals surface area contributed by atoms with Gasteiger partial charge in [0.05, 0.1) is 19.8 Å². The topological polar surface area (TPSA) is 27.7 Å². The van der Waals surface area contributed by atoms with Crippen LogP contribution in [-0.4, -0.2) is 28.1 Å². The number of ether oxygens (including phenoxy) is 2. The number of benzene rings is 1. The molecule has 3 nitrogen and oxygen atoms in total. The van der Waals surface area contributed by atoms with E-state index < -0.39 is 8.32 Å². The summed E-state index contributed by atoms with van der Waals surface area (Å²) in [5, 5.41) is 1.02. The summed E-state index contributed by atoms with van der Waals surface area (Å²) in [7, 11) is -0.0535. The van der Waals surface area contributed by atoms with Crippen molar-refractivity contribution < 1.29 is 13.9 Å². The van der Waals surface area contributed by atoms with Crippen molar-refractivity contribution in [3.05, 3.63) is 40.9 Å². The zero-order chi connectivity index (χ0) is 19.8.